The summed E-state index contributed by atoms with van der Waals surface area (Å²) < 4.78 is 0. The second-order valence-electron chi connectivity index (χ2n) is 3.01. The third kappa shape index (κ3) is 1.56. The molecule has 0 amide bonds. The summed E-state index contributed by atoms with van der Waals surface area (Å²) in [5.41, 5.74) is 7.31. The first-order valence-electron chi connectivity index (χ1n) is 4.11. The van der Waals surface area contributed by atoms with Gasteiger partial charge in [0.05, 0.1) is 0 Å². The van der Waals surface area contributed by atoms with E-state index in [4.69, 9.17) is 17.3 Å². The Morgan fingerprint density at radius 1 is 1.43 bits per heavy atom. The summed E-state index contributed by atoms with van der Waals surface area (Å²) in [4.78, 5) is 4.00. The van der Waals surface area contributed by atoms with Crippen molar-refractivity contribution in [3.8, 4) is 11.4 Å². The quantitative estimate of drug-likeness (QED) is 0.754. The van der Waals surface area contributed by atoms with Gasteiger partial charge in [0.15, 0.2) is 5.82 Å². The number of rotatable bonds is 1. The third-order valence-corrected chi connectivity index (χ3v) is 2.36. The number of anilines is 1. The monoisotopic (exact) mass is 208 g/mol. The predicted octanol–water partition coefficient (Wildman–Crippen LogP) is 2.02. The Balaban J connectivity index is 2.47. The normalized spacial score (nSPS) is 10.4. The molecule has 0 bridgehead atoms. The Labute approximate surface area is 86.1 Å². The standard InChI is InChI=1S/C9H9ClN4/c1-5-2-3-6(4-7(5)10)8-12-9(11)14-13-8/h2-4H,1H3,(H3,11,12,13,14). The lowest BCUT2D eigenvalue weighted by atomic mass is 10.1. The molecule has 0 saturated heterocycles. The van der Waals surface area contributed by atoms with Crippen molar-refractivity contribution in [2.24, 2.45) is 0 Å². The van der Waals surface area contributed by atoms with Crippen molar-refractivity contribution in [2.75, 3.05) is 5.73 Å². The van der Waals surface area contributed by atoms with Crippen LogP contribution in [0.5, 0.6) is 0 Å². The van der Waals surface area contributed by atoms with Crippen molar-refractivity contribution >= 4 is 17.5 Å². The van der Waals surface area contributed by atoms with Crippen molar-refractivity contribution in [3.05, 3.63) is 28.8 Å². The second kappa shape index (κ2) is 3.31. The molecule has 14 heavy (non-hydrogen) atoms. The van der Waals surface area contributed by atoms with Crippen LogP contribution < -0.4 is 5.73 Å². The molecule has 2 rings (SSSR count). The maximum atomic E-state index is 5.98. The molecule has 0 aliphatic carbocycles. The summed E-state index contributed by atoms with van der Waals surface area (Å²) in [6.07, 6.45) is 0. The highest BCUT2D eigenvalue weighted by atomic mass is 35.5. The molecule has 0 radical (unpaired) electrons. The van der Waals surface area contributed by atoms with Crippen LogP contribution in [-0.2, 0) is 0 Å². The first kappa shape index (κ1) is 9.02. The topological polar surface area (TPSA) is 67.6 Å². The van der Waals surface area contributed by atoms with Crippen molar-refractivity contribution in [3.63, 3.8) is 0 Å². The average molecular weight is 209 g/mol. The molecule has 0 spiro atoms. The van der Waals surface area contributed by atoms with Gasteiger partial charge in [0.1, 0.15) is 0 Å². The van der Waals surface area contributed by atoms with Gasteiger partial charge in [-0.3, -0.25) is 5.10 Å². The highest BCUT2D eigenvalue weighted by Crippen LogP contribution is 2.22. The zero-order valence-corrected chi connectivity index (χ0v) is 8.34. The van der Waals surface area contributed by atoms with Gasteiger partial charge in [0, 0.05) is 10.6 Å². The Kier molecular flexibility index (Phi) is 2.13. The first-order chi connectivity index (χ1) is 6.66. The smallest absolute Gasteiger partial charge is 0.239 e. The second-order valence-corrected chi connectivity index (χ2v) is 3.41. The van der Waals surface area contributed by atoms with Gasteiger partial charge in [-0.25, -0.2) is 0 Å². The molecule has 0 saturated carbocycles. The molecule has 0 unspecified atom stereocenters. The lowest BCUT2D eigenvalue weighted by molar-refractivity contribution is 1.10. The van der Waals surface area contributed by atoms with Gasteiger partial charge in [-0.05, 0) is 18.6 Å². The van der Waals surface area contributed by atoms with Gasteiger partial charge in [0.25, 0.3) is 0 Å². The van der Waals surface area contributed by atoms with Crippen LogP contribution >= 0.6 is 11.6 Å². The number of benzene rings is 1. The summed E-state index contributed by atoms with van der Waals surface area (Å²) in [6.45, 7) is 1.95. The molecule has 0 aliphatic rings. The lowest BCUT2D eigenvalue weighted by Crippen LogP contribution is -1.85. The Bertz CT molecular complexity index is 464. The SMILES string of the molecule is Cc1ccc(-c2nc(N)n[nH]2)cc1Cl. The number of halogens is 1. The molecular formula is C9H9ClN4. The maximum absolute atomic E-state index is 5.98. The number of aromatic nitrogens is 3. The van der Waals surface area contributed by atoms with E-state index >= 15 is 0 Å². The van der Waals surface area contributed by atoms with Crippen LogP contribution in [0.1, 0.15) is 5.56 Å². The minimum Gasteiger partial charge on any atom is -0.366 e. The van der Waals surface area contributed by atoms with Crippen molar-refractivity contribution in [2.45, 2.75) is 6.92 Å². The van der Waals surface area contributed by atoms with Crippen molar-refractivity contribution < 1.29 is 0 Å². The molecule has 1 heterocycles. The molecular weight excluding hydrogens is 200 g/mol. The van der Waals surface area contributed by atoms with Crippen LogP contribution in [0.25, 0.3) is 11.4 Å². The van der Waals surface area contributed by atoms with Crippen molar-refractivity contribution in [1.82, 2.24) is 15.2 Å². The van der Waals surface area contributed by atoms with E-state index in [1.807, 2.05) is 25.1 Å². The molecule has 2 aromatic rings. The van der Waals surface area contributed by atoms with E-state index in [1.165, 1.54) is 0 Å². The van der Waals surface area contributed by atoms with Gasteiger partial charge in [-0.2, -0.15) is 4.98 Å². The molecule has 5 heteroatoms. The molecule has 0 aliphatic heterocycles. The van der Waals surface area contributed by atoms with E-state index in [1.54, 1.807) is 0 Å². The fourth-order valence-electron chi connectivity index (χ4n) is 1.14. The zero-order chi connectivity index (χ0) is 10.1. The molecule has 0 fully saturated rings. The van der Waals surface area contributed by atoms with Crippen molar-refractivity contribution in [1.29, 1.82) is 0 Å². The Morgan fingerprint density at radius 2 is 2.21 bits per heavy atom. The number of H-pyrrole nitrogens is 1. The van der Waals surface area contributed by atoms with E-state index in [2.05, 4.69) is 15.2 Å². The number of aryl methyl sites for hydroxylation is 1. The van der Waals surface area contributed by atoms with Crippen LogP contribution in [0, 0.1) is 6.92 Å². The number of nitrogens with zero attached hydrogens (tertiary/aromatic N) is 2. The number of hydrogen-bond acceptors (Lipinski definition) is 3. The van der Waals surface area contributed by atoms with E-state index in [9.17, 15) is 0 Å². The highest BCUT2D eigenvalue weighted by molar-refractivity contribution is 6.31. The van der Waals surface area contributed by atoms with E-state index in [-0.39, 0.29) is 5.95 Å². The summed E-state index contributed by atoms with van der Waals surface area (Å²) in [5, 5.41) is 7.17. The van der Waals surface area contributed by atoms with Crippen LogP contribution in [0.15, 0.2) is 18.2 Å². The Morgan fingerprint density at radius 3 is 2.79 bits per heavy atom. The summed E-state index contributed by atoms with van der Waals surface area (Å²) in [7, 11) is 0. The van der Waals surface area contributed by atoms with E-state index < -0.39 is 0 Å². The predicted molar refractivity (Wildman–Crippen MR) is 56.0 cm³/mol. The minimum absolute atomic E-state index is 0.233. The molecule has 3 N–H and O–H groups in total. The van der Waals surface area contributed by atoms with Gasteiger partial charge in [-0.1, -0.05) is 23.7 Å². The van der Waals surface area contributed by atoms with E-state index in [0.717, 1.165) is 11.1 Å². The summed E-state index contributed by atoms with van der Waals surface area (Å²) in [6, 6.07) is 5.67. The fourth-order valence-corrected chi connectivity index (χ4v) is 1.32. The van der Waals surface area contributed by atoms with Gasteiger partial charge < -0.3 is 5.73 Å². The van der Waals surface area contributed by atoms with Gasteiger partial charge in [0.2, 0.25) is 5.95 Å². The van der Waals surface area contributed by atoms with Crippen LogP contribution in [0.3, 0.4) is 0 Å². The highest BCUT2D eigenvalue weighted by Gasteiger charge is 2.04. The minimum atomic E-state index is 0.233. The number of nitrogens with two attached hydrogens (primary N) is 1. The largest absolute Gasteiger partial charge is 0.366 e. The van der Waals surface area contributed by atoms with Crippen LogP contribution in [0.2, 0.25) is 5.02 Å². The number of nitrogen functional groups attached to an aromatic ring is 1. The number of hydrogen-bond donors (Lipinski definition) is 2. The summed E-state index contributed by atoms with van der Waals surface area (Å²) in [5.74, 6) is 0.862. The zero-order valence-electron chi connectivity index (χ0n) is 7.58. The number of aromatic amines is 1. The van der Waals surface area contributed by atoms with Gasteiger partial charge >= 0.3 is 0 Å². The molecule has 1 aromatic carbocycles. The maximum Gasteiger partial charge on any atom is 0.239 e. The van der Waals surface area contributed by atoms with E-state index in [0.29, 0.717) is 10.8 Å². The molecule has 72 valence electrons. The number of nitrogens with one attached hydrogen (secondary N) is 1. The fraction of sp³-hybridized carbons (Fsp3) is 0.111. The molecule has 4 nitrogen and oxygen atoms in total. The molecule has 1 aromatic heterocycles. The Hall–Kier alpha value is -1.55. The van der Waals surface area contributed by atoms with Crippen LogP contribution in [0.4, 0.5) is 5.95 Å². The molecule has 0 atom stereocenters. The first-order valence-corrected chi connectivity index (χ1v) is 4.49. The third-order valence-electron chi connectivity index (χ3n) is 1.95. The average Bonchev–Trinajstić information content (AvgIpc) is 2.57. The van der Waals surface area contributed by atoms with Gasteiger partial charge in [-0.15, -0.1) is 5.10 Å². The lowest BCUT2D eigenvalue weighted by Gasteiger charge is -1.99. The summed E-state index contributed by atoms with van der Waals surface area (Å²) >= 11 is 5.98. The van der Waals surface area contributed by atoms with Crippen LogP contribution in [-0.4, -0.2) is 15.2 Å².